The number of nitrogens with two attached hydrogens (primary N) is 1. The molecule has 2 aromatic carbocycles. The number of ether oxygens (including phenoxy) is 1. The Morgan fingerprint density at radius 1 is 1.14 bits per heavy atom. The van der Waals surface area contributed by atoms with Gasteiger partial charge in [0.1, 0.15) is 10.4 Å². The Bertz CT molecular complexity index is 1570. The van der Waals surface area contributed by atoms with Gasteiger partial charge in [0.05, 0.1) is 17.0 Å². The third kappa shape index (κ3) is 7.17. The predicted molar refractivity (Wildman–Crippen MR) is 179 cm³/mol. The van der Waals surface area contributed by atoms with Gasteiger partial charge in [0, 0.05) is 53.7 Å². The third-order valence-corrected chi connectivity index (χ3v) is 10.0. The molecule has 2 aliphatic rings. The fourth-order valence-electron chi connectivity index (χ4n) is 5.45. The van der Waals surface area contributed by atoms with Gasteiger partial charge in [-0.3, -0.25) is 14.9 Å². The second-order valence-electron chi connectivity index (χ2n) is 10.9. The van der Waals surface area contributed by atoms with Crippen molar-refractivity contribution in [2.45, 2.75) is 43.1 Å². The Morgan fingerprint density at radius 2 is 1.89 bits per heavy atom. The number of thiophene rings is 1. The quantitative estimate of drug-likeness (QED) is 0.155. The zero-order valence-corrected chi connectivity index (χ0v) is 27.1. The summed E-state index contributed by atoms with van der Waals surface area (Å²) < 4.78 is 6.27. The van der Waals surface area contributed by atoms with Gasteiger partial charge in [0.15, 0.2) is 5.75 Å². The summed E-state index contributed by atoms with van der Waals surface area (Å²) in [7, 11) is 0. The molecule has 4 N–H and O–H groups in total. The normalized spacial score (nSPS) is 17.8. The van der Waals surface area contributed by atoms with Crippen LogP contribution in [-0.4, -0.2) is 59.0 Å². The monoisotopic (exact) mass is 673 g/mol. The number of halogens is 3. The lowest BCUT2D eigenvalue weighted by Gasteiger charge is -2.40. The summed E-state index contributed by atoms with van der Waals surface area (Å²) in [5.41, 5.74) is 8.36. The van der Waals surface area contributed by atoms with E-state index in [2.05, 4.69) is 5.32 Å². The number of primary amides is 1. The summed E-state index contributed by atoms with van der Waals surface area (Å²) in [5, 5.41) is 13.7. The standard InChI is InChI=1S/C33H34Cl3N3O4S/c34-23-9-7-22(8-10-23)27-28(43-18-4-17-40)30(44-29(27)25-12-11-24(35)19-26(25)36)31(41)39-15-13-33(14-16-39,32(37)42)38-20-21-5-2-1-3-6-21/h1-3,5-9,11-12,19,23,38,40H,4,10,13-18,20H2,(H2,37,42). The molecule has 2 heterocycles. The largest absolute Gasteiger partial charge is 0.491 e. The summed E-state index contributed by atoms with van der Waals surface area (Å²) in [6.07, 6.45) is 7.65. The van der Waals surface area contributed by atoms with Crippen molar-refractivity contribution in [2.24, 2.45) is 5.73 Å². The van der Waals surface area contributed by atoms with Crippen LogP contribution in [0, 0.1) is 0 Å². The van der Waals surface area contributed by atoms with Crippen LogP contribution in [0.15, 0.2) is 66.8 Å². The van der Waals surface area contributed by atoms with E-state index in [1.807, 2.05) is 54.6 Å². The van der Waals surface area contributed by atoms with E-state index >= 15 is 0 Å². The lowest BCUT2D eigenvalue weighted by Crippen LogP contribution is -2.61. The first-order chi connectivity index (χ1) is 21.2. The molecule has 11 heteroatoms. The second-order valence-corrected chi connectivity index (χ2v) is 13.3. The van der Waals surface area contributed by atoms with Crippen molar-refractivity contribution in [1.29, 1.82) is 0 Å². The zero-order valence-electron chi connectivity index (χ0n) is 24.0. The van der Waals surface area contributed by atoms with Gasteiger partial charge in [-0.05, 0) is 42.5 Å². The number of nitrogens with one attached hydrogen (secondary N) is 1. The van der Waals surface area contributed by atoms with E-state index < -0.39 is 11.4 Å². The highest BCUT2D eigenvalue weighted by atomic mass is 35.5. The maximum Gasteiger partial charge on any atom is 0.267 e. The van der Waals surface area contributed by atoms with Crippen LogP contribution in [0.1, 0.15) is 46.5 Å². The number of nitrogens with zero attached hydrogens (tertiary/aromatic N) is 1. The molecule has 3 aromatic rings. The lowest BCUT2D eigenvalue weighted by atomic mass is 9.86. The van der Waals surface area contributed by atoms with Crippen molar-refractivity contribution < 1.29 is 19.4 Å². The number of alkyl halides is 1. The highest BCUT2D eigenvalue weighted by molar-refractivity contribution is 7.18. The number of carbonyl (C=O) groups excluding carboxylic acids is 2. The smallest absolute Gasteiger partial charge is 0.267 e. The molecule has 0 bridgehead atoms. The molecule has 0 saturated carbocycles. The molecule has 0 radical (unpaired) electrons. The van der Waals surface area contributed by atoms with Crippen LogP contribution in [0.25, 0.3) is 16.0 Å². The minimum absolute atomic E-state index is 0.0492. The SMILES string of the molecule is NC(=O)C1(NCc2ccccc2)CCN(C(=O)c2sc(-c3ccc(Cl)cc3Cl)c(C3=CCC(Cl)C=C3)c2OCCCO)CC1. The molecule has 44 heavy (non-hydrogen) atoms. The number of hydrogen-bond donors (Lipinski definition) is 3. The Hall–Kier alpha value is -2.85. The molecule has 5 rings (SSSR count). The highest BCUT2D eigenvalue weighted by Gasteiger charge is 2.41. The summed E-state index contributed by atoms with van der Waals surface area (Å²) in [6, 6.07) is 15.1. The number of aliphatic hydroxyl groups excluding tert-OH is 1. The molecule has 232 valence electrons. The van der Waals surface area contributed by atoms with Gasteiger partial charge in [0.2, 0.25) is 5.91 Å². The van der Waals surface area contributed by atoms with E-state index in [0.29, 0.717) is 66.0 Å². The Morgan fingerprint density at radius 3 is 2.52 bits per heavy atom. The molecule has 1 unspecified atom stereocenters. The minimum Gasteiger partial charge on any atom is -0.491 e. The van der Waals surface area contributed by atoms with Crippen molar-refractivity contribution in [2.75, 3.05) is 26.3 Å². The number of likely N-dealkylation sites (tertiary alicyclic amines) is 1. The number of allylic oxidation sites excluding steroid dienone is 4. The first-order valence-corrected chi connectivity index (χ1v) is 16.5. The van der Waals surface area contributed by atoms with Crippen molar-refractivity contribution in [1.82, 2.24) is 10.2 Å². The van der Waals surface area contributed by atoms with Gasteiger partial charge < -0.3 is 20.5 Å². The molecule has 1 fully saturated rings. The number of aliphatic hydroxyl groups is 1. The van der Waals surface area contributed by atoms with Crippen LogP contribution in [0.2, 0.25) is 10.0 Å². The highest BCUT2D eigenvalue weighted by Crippen LogP contribution is 2.49. The Balaban J connectivity index is 1.49. The third-order valence-electron chi connectivity index (χ3n) is 7.97. The topological polar surface area (TPSA) is 105 Å². The second kappa shape index (κ2) is 14.5. The number of benzene rings is 2. The van der Waals surface area contributed by atoms with Crippen LogP contribution in [-0.2, 0) is 11.3 Å². The number of amides is 2. The minimum atomic E-state index is -0.925. The molecule has 0 spiro atoms. The van der Waals surface area contributed by atoms with Crippen LogP contribution in [0.5, 0.6) is 5.75 Å². The number of rotatable bonds is 11. The Kier molecular flexibility index (Phi) is 10.7. The van der Waals surface area contributed by atoms with Crippen molar-refractivity contribution in [3.8, 4) is 16.2 Å². The summed E-state index contributed by atoms with van der Waals surface area (Å²) in [4.78, 5) is 29.9. The zero-order chi connectivity index (χ0) is 31.3. The Labute approximate surface area is 276 Å². The van der Waals surface area contributed by atoms with Gasteiger partial charge >= 0.3 is 0 Å². The van der Waals surface area contributed by atoms with Crippen LogP contribution >= 0.6 is 46.1 Å². The number of piperidine rings is 1. The average Bonchev–Trinajstić information content (AvgIpc) is 3.39. The lowest BCUT2D eigenvalue weighted by molar-refractivity contribution is -0.126. The first kappa shape index (κ1) is 32.5. The molecule has 7 nitrogen and oxygen atoms in total. The molecule has 1 aliphatic heterocycles. The average molecular weight is 675 g/mol. The fourth-order valence-corrected chi connectivity index (χ4v) is 7.45. The summed E-state index contributed by atoms with van der Waals surface area (Å²) in [6.45, 7) is 1.33. The molecular weight excluding hydrogens is 641 g/mol. The van der Waals surface area contributed by atoms with E-state index in [-0.39, 0.29) is 24.5 Å². The number of carbonyl (C=O) groups is 2. The van der Waals surface area contributed by atoms with Gasteiger partial charge in [-0.1, -0.05) is 77.8 Å². The molecular formula is C33H34Cl3N3O4S. The molecule has 1 aromatic heterocycles. The maximum atomic E-state index is 14.2. The summed E-state index contributed by atoms with van der Waals surface area (Å²) in [5.74, 6) is -0.198. The predicted octanol–water partition coefficient (Wildman–Crippen LogP) is 6.68. The van der Waals surface area contributed by atoms with Crippen molar-refractivity contribution >= 4 is 63.5 Å². The molecule has 2 amide bonds. The summed E-state index contributed by atoms with van der Waals surface area (Å²) >= 11 is 20.6. The van der Waals surface area contributed by atoms with E-state index in [9.17, 15) is 14.7 Å². The van der Waals surface area contributed by atoms with Crippen molar-refractivity contribution in [3.05, 3.63) is 92.8 Å². The molecule has 1 atom stereocenters. The maximum absolute atomic E-state index is 14.2. The van der Waals surface area contributed by atoms with Crippen LogP contribution in [0.4, 0.5) is 0 Å². The van der Waals surface area contributed by atoms with E-state index in [0.717, 1.165) is 27.1 Å². The van der Waals surface area contributed by atoms with Gasteiger partial charge in [-0.25, -0.2) is 0 Å². The fraction of sp³-hybridized carbons (Fsp3) is 0.333. The molecule has 1 aliphatic carbocycles. The van der Waals surface area contributed by atoms with Crippen LogP contribution < -0.4 is 15.8 Å². The van der Waals surface area contributed by atoms with Gasteiger partial charge in [-0.2, -0.15) is 0 Å². The number of hydrogen-bond acceptors (Lipinski definition) is 6. The van der Waals surface area contributed by atoms with Gasteiger partial charge in [0.25, 0.3) is 5.91 Å². The first-order valence-electron chi connectivity index (χ1n) is 14.5. The van der Waals surface area contributed by atoms with Gasteiger partial charge in [-0.15, -0.1) is 22.9 Å². The van der Waals surface area contributed by atoms with E-state index in [4.69, 9.17) is 45.3 Å². The van der Waals surface area contributed by atoms with Crippen molar-refractivity contribution in [3.63, 3.8) is 0 Å². The molecule has 1 saturated heterocycles. The van der Waals surface area contributed by atoms with E-state index in [1.54, 1.807) is 17.0 Å². The van der Waals surface area contributed by atoms with Crippen LogP contribution in [0.3, 0.4) is 0 Å². The van der Waals surface area contributed by atoms with E-state index in [1.165, 1.54) is 11.3 Å².